The van der Waals surface area contributed by atoms with E-state index in [1.54, 1.807) is 26.6 Å². The Morgan fingerprint density at radius 1 is 1.03 bits per heavy atom. The standard InChI is InChI=1S/C30H36N4O3S/c1-30(25-8-5-13-31-18-25,24-11-9-20-6-4-7-21(20)14-24)34-28(35)19-38-29-32-16-23(17-33-29)22-10-12-26(36-2)27(15-22)37-3/h9-12,14-17,25,31H,4-8,13,18-19H2,1-3H3,(H,34,35). The van der Waals surface area contributed by atoms with Crippen LogP contribution in [0.4, 0.5) is 0 Å². The number of carbonyl (C=O) groups excluding carboxylic acids is 1. The van der Waals surface area contributed by atoms with E-state index >= 15 is 0 Å². The molecule has 1 amide bonds. The first kappa shape index (κ1) is 26.5. The third-order valence-corrected chi connectivity index (χ3v) is 8.76. The molecule has 0 radical (unpaired) electrons. The van der Waals surface area contributed by atoms with Crippen molar-refractivity contribution in [3.05, 3.63) is 65.5 Å². The topological polar surface area (TPSA) is 85.4 Å². The third kappa shape index (κ3) is 5.66. The largest absolute Gasteiger partial charge is 0.493 e. The first-order chi connectivity index (χ1) is 18.5. The van der Waals surface area contributed by atoms with E-state index in [9.17, 15) is 4.79 Å². The van der Waals surface area contributed by atoms with E-state index in [-0.39, 0.29) is 11.7 Å². The number of nitrogens with one attached hydrogen (secondary N) is 2. The van der Waals surface area contributed by atoms with E-state index in [4.69, 9.17) is 9.47 Å². The molecule has 5 rings (SSSR count). The Morgan fingerprint density at radius 3 is 2.55 bits per heavy atom. The molecule has 1 aliphatic carbocycles. The molecule has 2 N–H and O–H groups in total. The maximum Gasteiger partial charge on any atom is 0.231 e. The molecule has 0 saturated carbocycles. The Bertz CT molecular complexity index is 1280. The Labute approximate surface area is 229 Å². The van der Waals surface area contributed by atoms with Crippen molar-refractivity contribution < 1.29 is 14.3 Å². The van der Waals surface area contributed by atoms with Crippen molar-refractivity contribution in [3.63, 3.8) is 0 Å². The first-order valence-electron chi connectivity index (χ1n) is 13.3. The molecule has 200 valence electrons. The molecule has 1 fully saturated rings. The number of ether oxygens (including phenoxy) is 2. The van der Waals surface area contributed by atoms with E-state index in [0.29, 0.717) is 22.6 Å². The number of hydrogen-bond donors (Lipinski definition) is 2. The number of aryl methyl sites for hydroxylation is 2. The van der Waals surface area contributed by atoms with Crippen LogP contribution in [-0.4, -0.2) is 48.9 Å². The van der Waals surface area contributed by atoms with Crippen LogP contribution in [-0.2, 0) is 23.2 Å². The highest BCUT2D eigenvalue weighted by atomic mass is 32.2. The Kier molecular flexibility index (Phi) is 8.19. The Morgan fingerprint density at radius 2 is 1.82 bits per heavy atom. The van der Waals surface area contributed by atoms with Gasteiger partial charge in [0, 0.05) is 24.5 Å². The number of piperidine rings is 1. The average molecular weight is 533 g/mol. The summed E-state index contributed by atoms with van der Waals surface area (Å²) < 4.78 is 10.7. The van der Waals surface area contributed by atoms with Gasteiger partial charge in [0.25, 0.3) is 0 Å². The van der Waals surface area contributed by atoms with Crippen LogP contribution in [0.3, 0.4) is 0 Å². The van der Waals surface area contributed by atoms with Crippen molar-refractivity contribution in [2.24, 2.45) is 5.92 Å². The van der Waals surface area contributed by atoms with Gasteiger partial charge in [-0.1, -0.05) is 36.0 Å². The van der Waals surface area contributed by atoms with Crippen molar-refractivity contribution in [1.29, 1.82) is 0 Å². The first-order valence-corrected chi connectivity index (χ1v) is 14.3. The molecule has 3 aromatic rings. The minimum Gasteiger partial charge on any atom is -0.493 e. The second kappa shape index (κ2) is 11.7. The van der Waals surface area contributed by atoms with Gasteiger partial charge in [0.15, 0.2) is 16.7 Å². The minimum atomic E-state index is -0.430. The smallest absolute Gasteiger partial charge is 0.231 e. The van der Waals surface area contributed by atoms with E-state index in [1.165, 1.54) is 34.9 Å². The zero-order valence-corrected chi connectivity index (χ0v) is 23.2. The lowest BCUT2D eigenvalue weighted by Gasteiger charge is -2.41. The monoisotopic (exact) mass is 532 g/mol. The number of rotatable bonds is 9. The third-order valence-electron chi connectivity index (χ3n) is 7.89. The van der Waals surface area contributed by atoms with Gasteiger partial charge in [-0.3, -0.25) is 4.79 Å². The summed E-state index contributed by atoms with van der Waals surface area (Å²) in [5.41, 5.74) is 5.47. The SMILES string of the molecule is COc1ccc(-c2cnc(SCC(=O)NC(C)(c3ccc4c(c3)CCC4)C3CCCNC3)nc2)cc1OC. The van der Waals surface area contributed by atoms with Gasteiger partial charge in [-0.25, -0.2) is 9.97 Å². The lowest BCUT2D eigenvalue weighted by Crippen LogP contribution is -2.53. The number of hydrogen-bond acceptors (Lipinski definition) is 7. The van der Waals surface area contributed by atoms with Gasteiger partial charge in [-0.05, 0) is 85.9 Å². The van der Waals surface area contributed by atoms with Gasteiger partial charge in [0.1, 0.15) is 0 Å². The van der Waals surface area contributed by atoms with Crippen molar-refractivity contribution in [3.8, 4) is 22.6 Å². The number of aromatic nitrogens is 2. The number of methoxy groups -OCH3 is 2. The molecular formula is C30H36N4O3S. The molecule has 1 aromatic heterocycles. The highest BCUT2D eigenvalue weighted by Crippen LogP contribution is 2.37. The van der Waals surface area contributed by atoms with Crippen LogP contribution < -0.4 is 20.1 Å². The predicted molar refractivity (Wildman–Crippen MR) is 151 cm³/mol. The maximum atomic E-state index is 13.3. The number of carbonyl (C=O) groups is 1. The summed E-state index contributed by atoms with van der Waals surface area (Å²) in [7, 11) is 3.23. The number of benzene rings is 2. The molecule has 7 nitrogen and oxygen atoms in total. The van der Waals surface area contributed by atoms with Crippen molar-refractivity contribution >= 4 is 17.7 Å². The summed E-state index contributed by atoms with van der Waals surface area (Å²) in [6, 6.07) is 12.5. The second-order valence-corrected chi connectivity index (χ2v) is 11.2. The van der Waals surface area contributed by atoms with Crippen LogP contribution in [0, 0.1) is 5.92 Å². The fourth-order valence-electron chi connectivity index (χ4n) is 5.66. The summed E-state index contributed by atoms with van der Waals surface area (Å²) in [4.78, 5) is 22.3. The van der Waals surface area contributed by atoms with Crippen LogP contribution in [0.2, 0.25) is 0 Å². The van der Waals surface area contributed by atoms with Crippen molar-refractivity contribution in [2.45, 2.75) is 49.7 Å². The van der Waals surface area contributed by atoms with Gasteiger partial charge in [-0.2, -0.15) is 0 Å². The molecule has 0 bridgehead atoms. The summed E-state index contributed by atoms with van der Waals surface area (Å²) in [6.07, 6.45) is 9.26. The second-order valence-electron chi connectivity index (χ2n) is 10.2. The van der Waals surface area contributed by atoms with Crippen LogP contribution in [0.15, 0.2) is 53.9 Å². The highest BCUT2D eigenvalue weighted by Gasteiger charge is 2.38. The summed E-state index contributed by atoms with van der Waals surface area (Å²) in [6.45, 7) is 4.14. The van der Waals surface area contributed by atoms with Gasteiger partial charge < -0.3 is 20.1 Å². The summed E-state index contributed by atoms with van der Waals surface area (Å²) in [5, 5.41) is 7.53. The van der Waals surface area contributed by atoms with Crippen LogP contribution >= 0.6 is 11.8 Å². The van der Waals surface area contributed by atoms with E-state index in [2.05, 4.69) is 45.7 Å². The average Bonchev–Trinajstić information content (AvgIpc) is 3.44. The van der Waals surface area contributed by atoms with E-state index in [1.807, 2.05) is 18.2 Å². The number of thioether (sulfide) groups is 1. The molecule has 8 heteroatoms. The fraction of sp³-hybridized carbons (Fsp3) is 0.433. The maximum absolute atomic E-state index is 13.3. The van der Waals surface area contributed by atoms with Gasteiger partial charge >= 0.3 is 0 Å². The van der Waals surface area contributed by atoms with Crippen LogP contribution in [0.25, 0.3) is 11.1 Å². The molecule has 2 heterocycles. The van der Waals surface area contributed by atoms with Crippen LogP contribution in [0.1, 0.15) is 42.9 Å². The molecule has 2 atom stereocenters. The Hall–Kier alpha value is -3.10. The molecule has 2 unspecified atom stereocenters. The molecule has 2 aliphatic rings. The lowest BCUT2D eigenvalue weighted by molar-refractivity contribution is -0.121. The quantitative estimate of drug-likeness (QED) is 0.303. The summed E-state index contributed by atoms with van der Waals surface area (Å²) >= 11 is 1.35. The zero-order valence-electron chi connectivity index (χ0n) is 22.4. The van der Waals surface area contributed by atoms with Crippen molar-refractivity contribution in [2.75, 3.05) is 33.1 Å². The van der Waals surface area contributed by atoms with E-state index in [0.717, 1.165) is 49.9 Å². The molecule has 2 aromatic carbocycles. The Balaban J connectivity index is 1.26. The number of amides is 1. The molecule has 0 spiro atoms. The van der Waals surface area contributed by atoms with Gasteiger partial charge in [0.2, 0.25) is 5.91 Å². The predicted octanol–water partition coefficient (Wildman–Crippen LogP) is 4.77. The van der Waals surface area contributed by atoms with Crippen molar-refractivity contribution in [1.82, 2.24) is 20.6 Å². The minimum absolute atomic E-state index is 0.00357. The molecule has 1 saturated heterocycles. The normalized spacial score (nSPS) is 18.3. The van der Waals surface area contributed by atoms with Gasteiger partial charge in [-0.15, -0.1) is 0 Å². The van der Waals surface area contributed by atoms with Crippen LogP contribution in [0.5, 0.6) is 11.5 Å². The molecule has 38 heavy (non-hydrogen) atoms. The molecule has 1 aliphatic heterocycles. The number of fused-ring (bicyclic) bond motifs is 1. The molecular weight excluding hydrogens is 496 g/mol. The summed E-state index contributed by atoms with van der Waals surface area (Å²) in [5.74, 6) is 1.92. The number of nitrogens with zero attached hydrogens (tertiary/aromatic N) is 2. The van der Waals surface area contributed by atoms with Gasteiger partial charge in [0.05, 0.1) is 25.5 Å². The highest BCUT2D eigenvalue weighted by molar-refractivity contribution is 7.99. The lowest BCUT2D eigenvalue weighted by atomic mass is 9.75. The zero-order chi connectivity index (χ0) is 26.5. The van der Waals surface area contributed by atoms with E-state index < -0.39 is 5.54 Å². The fourth-order valence-corrected chi connectivity index (χ4v) is 6.25.